The number of amides is 2. The third-order valence-corrected chi connectivity index (χ3v) is 2.23. The van der Waals surface area contributed by atoms with Gasteiger partial charge in [0.25, 0.3) is 5.91 Å². The second-order valence-electron chi connectivity index (χ2n) is 3.32. The summed E-state index contributed by atoms with van der Waals surface area (Å²) in [6.45, 7) is 3.57. The van der Waals surface area contributed by atoms with Crippen molar-refractivity contribution < 1.29 is 14.3 Å². The SMILES string of the molecule is CCC(CC)(OC(N)=O)C(=O)N(C)C. The van der Waals surface area contributed by atoms with Crippen molar-refractivity contribution in [2.75, 3.05) is 14.1 Å². The largest absolute Gasteiger partial charge is 0.433 e. The van der Waals surface area contributed by atoms with Gasteiger partial charge in [0, 0.05) is 14.1 Å². The first-order chi connectivity index (χ1) is 6.39. The zero-order valence-electron chi connectivity index (χ0n) is 9.16. The van der Waals surface area contributed by atoms with Crippen LogP contribution in [-0.4, -0.2) is 36.6 Å². The van der Waals surface area contributed by atoms with Crippen molar-refractivity contribution in [1.82, 2.24) is 4.90 Å². The minimum absolute atomic E-state index is 0.235. The minimum atomic E-state index is -1.10. The Kier molecular flexibility index (Phi) is 4.40. The number of hydrogen-bond acceptors (Lipinski definition) is 3. The second kappa shape index (κ2) is 4.83. The van der Waals surface area contributed by atoms with Gasteiger partial charge in [-0.2, -0.15) is 0 Å². The van der Waals surface area contributed by atoms with Crippen LogP contribution in [0.4, 0.5) is 4.79 Å². The molecule has 0 aliphatic heterocycles. The Hall–Kier alpha value is -1.26. The van der Waals surface area contributed by atoms with Gasteiger partial charge in [0.05, 0.1) is 0 Å². The van der Waals surface area contributed by atoms with Gasteiger partial charge in [-0.1, -0.05) is 13.8 Å². The molecule has 82 valence electrons. The molecule has 5 nitrogen and oxygen atoms in total. The maximum absolute atomic E-state index is 11.8. The summed E-state index contributed by atoms with van der Waals surface area (Å²) in [4.78, 5) is 23.8. The van der Waals surface area contributed by atoms with E-state index in [0.29, 0.717) is 12.8 Å². The topological polar surface area (TPSA) is 72.6 Å². The van der Waals surface area contributed by atoms with Crippen LogP contribution >= 0.6 is 0 Å². The second-order valence-corrected chi connectivity index (χ2v) is 3.32. The predicted octanol–water partition coefficient (Wildman–Crippen LogP) is 0.729. The fourth-order valence-electron chi connectivity index (χ4n) is 1.34. The highest BCUT2D eigenvalue weighted by atomic mass is 16.6. The Balaban J connectivity index is 4.86. The van der Waals surface area contributed by atoms with Crippen LogP contribution in [0.1, 0.15) is 26.7 Å². The van der Waals surface area contributed by atoms with E-state index in [1.54, 1.807) is 27.9 Å². The molecule has 2 N–H and O–H groups in total. The zero-order chi connectivity index (χ0) is 11.4. The number of carbonyl (C=O) groups is 2. The van der Waals surface area contributed by atoms with Crippen LogP contribution in [0.3, 0.4) is 0 Å². The van der Waals surface area contributed by atoms with E-state index in [-0.39, 0.29) is 5.91 Å². The Labute approximate surface area is 84.2 Å². The lowest BCUT2D eigenvalue weighted by molar-refractivity contribution is -0.149. The van der Waals surface area contributed by atoms with Gasteiger partial charge < -0.3 is 15.4 Å². The number of primary amides is 1. The molecule has 0 heterocycles. The van der Waals surface area contributed by atoms with Crippen molar-refractivity contribution in [3.8, 4) is 0 Å². The quantitative estimate of drug-likeness (QED) is 0.730. The lowest BCUT2D eigenvalue weighted by Crippen LogP contribution is -2.49. The number of hydrogen-bond donors (Lipinski definition) is 1. The number of likely N-dealkylation sites (N-methyl/N-ethyl adjacent to an activating group) is 1. The summed E-state index contributed by atoms with van der Waals surface area (Å²) in [6, 6.07) is 0. The van der Waals surface area contributed by atoms with Gasteiger partial charge in [0.2, 0.25) is 0 Å². The highest BCUT2D eigenvalue weighted by molar-refractivity contribution is 5.87. The molecule has 0 spiro atoms. The number of carbonyl (C=O) groups excluding carboxylic acids is 2. The van der Waals surface area contributed by atoms with Crippen LogP contribution in [0.25, 0.3) is 0 Å². The zero-order valence-corrected chi connectivity index (χ0v) is 9.16. The first-order valence-corrected chi connectivity index (χ1v) is 4.59. The van der Waals surface area contributed by atoms with Crippen LogP contribution in [0.15, 0.2) is 0 Å². The summed E-state index contributed by atoms with van der Waals surface area (Å²) in [5.41, 5.74) is 3.83. The van der Waals surface area contributed by atoms with Crippen LogP contribution in [0.5, 0.6) is 0 Å². The van der Waals surface area contributed by atoms with Gasteiger partial charge in [0.15, 0.2) is 5.60 Å². The average molecular weight is 202 g/mol. The maximum Gasteiger partial charge on any atom is 0.405 e. The smallest absolute Gasteiger partial charge is 0.405 e. The first-order valence-electron chi connectivity index (χ1n) is 4.59. The van der Waals surface area contributed by atoms with E-state index in [1.807, 2.05) is 0 Å². The van der Waals surface area contributed by atoms with Gasteiger partial charge in [-0.25, -0.2) is 4.79 Å². The third-order valence-electron chi connectivity index (χ3n) is 2.23. The molecule has 0 aromatic carbocycles. The van der Waals surface area contributed by atoms with Crippen molar-refractivity contribution in [1.29, 1.82) is 0 Å². The van der Waals surface area contributed by atoms with Gasteiger partial charge in [-0.05, 0) is 12.8 Å². The fraction of sp³-hybridized carbons (Fsp3) is 0.778. The van der Waals surface area contributed by atoms with E-state index in [4.69, 9.17) is 10.5 Å². The maximum atomic E-state index is 11.8. The highest BCUT2D eigenvalue weighted by Crippen LogP contribution is 2.22. The fourth-order valence-corrected chi connectivity index (χ4v) is 1.34. The molecule has 5 heteroatoms. The molecular formula is C9H18N2O3. The molecule has 14 heavy (non-hydrogen) atoms. The van der Waals surface area contributed by atoms with E-state index >= 15 is 0 Å². The number of nitrogens with two attached hydrogens (primary N) is 1. The Morgan fingerprint density at radius 1 is 1.29 bits per heavy atom. The predicted molar refractivity (Wildman–Crippen MR) is 52.7 cm³/mol. The van der Waals surface area contributed by atoms with E-state index < -0.39 is 11.7 Å². The van der Waals surface area contributed by atoms with Gasteiger partial charge in [0.1, 0.15) is 0 Å². The molecule has 0 aromatic rings. The summed E-state index contributed by atoms with van der Waals surface area (Å²) < 4.78 is 4.91. The molecular weight excluding hydrogens is 184 g/mol. The highest BCUT2D eigenvalue weighted by Gasteiger charge is 2.39. The molecule has 0 radical (unpaired) electrons. The molecule has 2 amide bonds. The van der Waals surface area contributed by atoms with Crippen molar-refractivity contribution in [2.45, 2.75) is 32.3 Å². The molecule has 0 atom stereocenters. The number of nitrogens with zero attached hydrogens (tertiary/aromatic N) is 1. The molecule has 0 saturated carbocycles. The Morgan fingerprint density at radius 3 is 1.93 bits per heavy atom. The normalized spacial score (nSPS) is 10.9. The lowest BCUT2D eigenvalue weighted by Gasteiger charge is -2.31. The van der Waals surface area contributed by atoms with Crippen molar-refractivity contribution in [2.24, 2.45) is 5.73 Å². The molecule has 0 bridgehead atoms. The molecule has 0 rings (SSSR count). The van der Waals surface area contributed by atoms with Crippen LogP contribution < -0.4 is 5.73 Å². The van der Waals surface area contributed by atoms with Gasteiger partial charge in [-0.15, -0.1) is 0 Å². The lowest BCUT2D eigenvalue weighted by atomic mass is 9.95. The summed E-state index contributed by atoms with van der Waals surface area (Å²) in [7, 11) is 3.24. The third kappa shape index (κ3) is 2.61. The van der Waals surface area contributed by atoms with E-state index in [1.165, 1.54) is 4.90 Å². The standard InChI is InChI=1S/C9H18N2O3/c1-5-9(6-2,14-8(10)13)7(12)11(3)4/h5-6H2,1-4H3,(H2,10,13). The molecule has 0 fully saturated rings. The molecule has 0 saturated heterocycles. The molecule has 0 aliphatic rings. The van der Waals surface area contributed by atoms with Crippen LogP contribution in [-0.2, 0) is 9.53 Å². The van der Waals surface area contributed by atoms with Crippen LogP contribution in [0, 0.1) is 0 Å². The van der Waals surface area contributed by atoms with Gasteiger partial charge in [-0.3, -0.25) is 4.79 Å². The Bertz CT molecular complexity index is 222. The monoisotopic (exact) mass is 202 g/mol. The average Bonchev–Trinajstić information content (AvgIpc) is 2.12. The summed E-state index contributed by atoms with van der Waals surface area (Å²) in [5.74, 6) is -0.235. The van der Waals surface area contributed by atoms with E-state index in [2.05, 4.69) is 0 Å². The Morgan fingerprint density at radius 2 is 1.71 bits per heavy atom. The van der Waals surface area contributed by atoms with Crippen LogP contribution in [0.2, 0.25) is 0 Å². The number of rotatable bonds is 4. The van der Waals surface area contributed by atoms with Crippen molar-refractivity contribution in [3.63, 3.8) is 0 Å². The first kappa shape index (κ1) is 12.7. The summed E-state index contributed by atoms with van der Waals surface area (Å²) in [5, 5.41) is 0. The van der Waals surface area contributed by atoms with Crippen molar-refractivity contribution >= 4 is 12.0 Å². The van der Waals surface area contributed by atoms with E-state index in [9.17, 15) is 9.59 Å². The summed E-state index contributed by atoms with van der Waals surface area (Å²) in [6.07, 6.45) is -0.0729. The van der Waals surface area contributed by atoms with E-state index in [0.717, 1.165) is 0 Å². The van der Waals surface area contributed by atoms with Crippen molar-refractivity contribution in [3.05, 3.63) is 0 Å². The molecule has 0 unspecified atom stereocenters. The van der Waals surface area contributed by atoms with Gasteiger partial charge >= 0.3 is 6.09 Å². The molecule has 0 aromatic heterocycles. The summed E-state index contributed by atoms with van der Waals surface area (Å²) >= 11 is 0. The number of ether oxygens (including phenoxy) is 1. The molecule has 0 aliphatic carbocycles. The minimum Gasteiger partial charge on any atom is -0.433 e.